The molecule has 5 aliphatic rings. The minimum Gasteiger partial charge on any atom is -0.310 e. The SMILES string of the molecule is c1ccc2c(c1)-c1c(N(c3ccc4c(c3)sc3ccccc34)c3ccc4c(c3)sc3ccccc34)cccc1C21C2CC3CC(C2)CC1C3. The normalized spacial score (nSPS) is 24.8. The Bertz CT molecular complexity index is 2510. The molecule has 4 saturated carbocycles. The van der Waals surface area contributed by atoms with Crippen LogP contribution in [0.25, 0.3) is 51.5 Å². The summed E-state index contributed by atoms with van der Waals surface area (Å²) in [5, 5.41) is 5.40. The van der Waals surface area contributed by atoms with Gasteiger partial charge in [-0.25, -0.2) is 0 Å². The Morgan fingerprint density at radius 3 is 1.63 bits per heavy atom. The van der Waals surface area contributed by atoms with Crippen molar-refractivity contribution in [3.8, 4) is 11.1 Å². The van der Waals surface area contributed by atoms with Crippen LogP contribution in [0.1, 0.15) is 43.2 Å². The molecule has 236 valence electrons. The van der Waals surface area contributed by atoms with E-state index < -0.39 is 0 Å². The Balaban J connectivity index is 1.13. The molecule has 13 rings (SSSR count). The third kappa shape index (κ3) is 3.60. The van der Waals surface area contributed by atoms with Gasteiger partial charge in [0.15, 0.2) is 0 Å². The highest BCUT2D eigenvalue weighted by molar-refractivity contribution is 7.26. The van der Waals surface area contributed by atoms with Crippen LogP contribution in [0.2, 0.25) is 0 Å². The van der Waals surface area contributed by atoms with Gasteiger partial charge in [-0.1, -0.05) is 84.9 Å². The summed E-state index contributed by atoms with van der Waals surface area (Å²) < 4.78 is 5.40. The Morgan fingerprint density at radius 2 is 1.00 bits per heavy atom. The summed E-state index contributed by atoms with van der Waals surface area (Å²) in [7, 11) is 0. The van der Waals surface area contributed by atoms with E-state index in [1.54, 1.807) is 11.1 Å². The summed E-state index contributed by atoms with van der Waals surface area (Å²) in [4.78, 5) is 2.60. The van der Waals surface area contributed by atoms with Gasteiger partial charge in [0.1, 0.15) is 0 Å². The van der Waals surface area contributed by atoms with Crippen molar-refractivity contribution in [2.24, 2.45) is 23.7 Å². The number of nitrogens with zero attached hydrogens (tertiary/aromatic N) is 1. The van der Waals surface area contributed by atoms with Crippen molar-refractivity contribution in [1.82, 2.24) is 0 Å². The zero-order valence-electron chi connectivity index (χ0n) is 27.2. The highest BCUT2D eigenvalue weighted by atomic mass is 32.1. The molecule has 8 aromatic rings. The molecule has 5 aliphatic carbocycles. The molecule has 49 heavy (non-hydrogen) atoms. The molecule has 2 heterocycles. The van der Waals surface area contributed by atoms with Crippen molar-refractivity contribution < 1.29 is 0 Å². The highest BCUT2D eigenvalue weighted by Crippen LogP contribution is 2.70. The maximum atomic E-state index is 2.60. The monoisotopic (exact) mass is 665 g/mol. The Kier molecular flexibility index (Phi) is 5.50. The van der Waals surface area contributed by atoms with Crippen LogP contribution in [0.15, 0.2) is 127 Å². The van der Waals surface area contributed by atoms with E-state index in [0.717, 1.165) is 23.7 Å². The van der Waals surface area contributed by atoms with Crippen LogP contribution >= 0.6 is 22.7 Å². The summed E-state index contributed by atoms with van der Waals surface area (Å²) >= 11 is 3.82. The fourth-order valence-corrected chi connectivity index (χ4v) is 13.8. The van der Waals surface area contributed by atoms with Crippen LogP contribution in [0.5, 0.6) is 0 Å². The third-order valence-electron chi connectivity index (χ3n) is 13.0. The molecule has 4 fully saturated rings. The first-order valence-electron chi connectivity index (χ1n) is 18.1. The molecule has 0 unspecified atom stereocenters. The lowest BCUT2D eigenvalue weighted by molar-refractivity contribution is -0.0399. The van der Waals surface area contributed by atoms with Crippen LogP contribution in [0.3, 0.4) is 0 Å². The molecule has 3 heteroatoms. The molecule has 0 radical (unpaired) electrons. The Morgan fingerprint density at radius 1 is 0.469 bits per heavy atom. The van der Waals surface area contributed by atoms with E-state index in [-0.39, 0.29) is 5.41 Å². The van der Waals surface area contributed by atoms with Gasteiger partial charge in [0.25, 0.3) is 0 Å². The third-order valence-corrected chi connectivity index (χ3v) is 15.3. The molecule has 6 aromatic carbocycles. The highest BCUT2D eigenvalue weighted by Gasteiger charge is 2.61. The fourth-order valence-electron chi connectivity index (χ4n) is 11.5. The quantitative estimate of drug-likeness (QED) is 0.182. The topological polar surface area (TPSA) is 3.24 Å². The van der Waals surface area contributed by atoms with Gasteiger partial charge in [0.2, 0.25) is 0 Å². The van der Waals surface area contributed by atoms with E-state index in [9.17, 15) is 0 Å². The van der Waals surface area contributed by atoms with Crippen molar-refractivity contribution in [2.75, 3.05) is 4.90 Å². The molecule has 2 aromatic heterocycles. The maximum Gasteiger partial charge on any atom is 0.0543 e. The molecular weight excluding hydrogens is 631 g/mol. The number of benzene rings is 6. The summed E-state index contributed by atoms with van der Waals surface area (Å²) in [5.74, 6) is 3.37. The molecule has 0 atom stereocenters. The van der Waals surface area contributed by atoms with Gasteiger partial charge in [0.05, 0.1) is 5.69 Å². The largest absolute Gasteiger partial charge is 0.310 e. The van der Waals surface area contributed by atoms with E-state index in [1.165, 1.54) is 101 Å². The number of fused-ring (bicyclic) bond motifs is 9. The average molecular weight is 666 g/mol. The van der Waals surface area contributed by atoms with Gasteiger partial charge >= 0.3 is 0 Å². The number of hydrogen-bond donors (Lipinski definition) is 0. The first kappa shape index (κ1) is 27.4. The lowest BCUT2D eigenvalue weighted by Crippen LogP contribution is -2.55. The summed E-state index contributed by atoms with van der Waals surface area (Å²) in [6, 6.07) is 49.0. The number of hydrogen-bond acceptors (Lipinski definition) is 3. The second-order valence-corrected chi connectivity index (χ2v) is 17.5. The molecule has 0 aliphatic heterocycles. The first-order chi connectivity index (χ1) is 24.2. The molecule has 0 amide bonds. The maximum absolute atomic E-state index is 2.60. The van der Waals surface area contributed by atoms with Crippen LogP contribution in [-0.4, -0.2) is 0 Å². The minimum atomic E-state index is 0.145. The van der Waals surface area contributed by atoms with Gasteiger partial charge in [-0.05, 0) is 115 Å². The standard InChI is InChI=1S/C46H35NS2/c1-4-11-38-37(10-1)45-39(46(38)29-21-27-20-28(23-29)24-30(46)22-27)12-7-13-40(45)47(31-16-18-35-33-8-2-5-14-41(33)48-43(35)25-31)32-17-19-36-34-9-3-6-15-42(34)49-44(36)26-32/h1-19,25-30H,20-24H2. The van der Waals surface area contributed by atoms with Crippen LogP contribution in [0, 0.1) is 23.7 Å². The second-order valence-electron chi connectivity index (χ2n) is 15.3. The Hall–Kier alpha value is -4.44. The lowest BCUT2D eigenvalue weighted by atomic mass is 9.43. The van der Waals surface area contributed by atoms with Crippen LogP contribution < -0.4 is 4.90 Å². The Labute approximate surface area is 294 Å². The second kappa shape index (κ2) is 9.84. The van der Waals surface area contributed by atoms with Crippen LogP contribution in [-0.2, 0) is 5.41 Å². The average Bonchev–Trinajstić information content (AvgIpc) is 3.79. The molecule has 1 spiro atoms. The minimum absolute atomic E-state index is 0.145. The smallest absolute Gasteiger partial charge is 0.0543 e. The zero-order chi connectivity index (χ0) is 31.8. The molecule has 0 N–H and O–H groups in total. The lowest BCUT2D eigenvalue weighted by Gasteiger charge is -2.61. The van der Waals surface area contributed by atoms with Gasteiger partial charge in [-0.3, -0.25) is 0 Å². The van der Waals surface area contributed by atoms with Gasteiger partial charge < -0.3 is 4.90 Å². The van der Waals surface area contributed by atoms with Gasteiger partial charge in [0, 0.05) is 62.7 Å². The van der Waals surface area contributed by atoms with E-state index in [0.29, 0.717) is 0 Å². The summed E-state index contributed by atoms with van der Waals surface area (Å²) in [6.07, 6.45) is 7.09. The molecule has 0 saturated heterocycles. The summed E-state index contributed by atoms with van der Waals surface area (Å²) in [6.45, 7) is 0. The van der Waals surface area contributed by atoms with Gasteiger partial charge in [-0.15, -0.1) is 22.7 Å². The van der Waals surface area contributed by atoms with E-state index >= 15 is 0 Å². The fraction of sp³-hybridized carbons (Fsp3) is 0.217. The van der Waals surface area contributed by atoms with Crippen molar-refractivity contribution >= 4 is 80.1 Å². The van der Waals surface area contributed by atoms with Crippen molar-refractivity contribution in [3.05, 3.63) is 139 Å². The molecular formula is C46H35NS2. The number of thiophene rings is 2. The summed E-state index contributed by atoms with van der Waals surface area (Å²) in [5.41, 5.74) is 10.1. The number of anilines is 3. The van der Waals surface area contributed by atoms with E-state index in [1.807, 2.05) is 22.7 Å². The predicted molar refractivity (Wildman–Crippen MR) is 210 cm³/mol. The van der Waals surface area contributed by atoms with E-state index in [4.69, 9.17) is 0 Å². The number of rotatable bonds is 3. The van der Waals surface area contributed by atoms with Crippen molar-refractivity contribution in [3.63, 3.8) is 0 Å². The first-order valence-corrected chi connectivity index (χ1v) is 19.7. The van der Waals surface area contributed by atoms with Crippen LogP contribution in [0.4, 0.5) is 17.1 Å². The molecule has 1 nitrogen and oxygen atoms in total. The van der Waals surface area contributed by atoms with Crippen molar-refractivity contribution in [2.45, 2.75) is 37.5 Å². The van der Waals surface area contributed by atoms with Gasteiger partial charge in [-0.2, -0.15) is 0 Å². The predicted octanol–water partition coefficient (Wildman–Crippen LogP) is 13.6. The van der Waals surface area contributed by atoms with E-state index in [2.05, 4.69) is 132 Å². The zero-order valence-corrected chi connectivity index (χ0v) is 28.9. The van der Waals surface area contributed by atoms with Crippen molar-refractivity contribution in [1.29, 1.82) is 0 Å². The molecule has 4 bridgehead atoms.